The van der Waals surface area contributed by atoms with Crippen LogP contribution in [-0.4, -0.2) is 43.8 Å². The van der Waals surface area contributed by atoms with E-state index in [1.54, 1.807) is 0 Å². The number of piperidine rings is 1. The van der Waals surface area contributed by atoms with Gasteiger partial charge in [-0.15, -0.1) is 0 Å². The van der Waals surface area contributed by atoms with Gasteiger partial charge >= 0.3 is 0 Å². The number of hydrogen-bond donors (Lipinski definition) is 1. The fourth-order valence-electron chi connectivity index (χ4n) is 2.76. The first-order chi connectivity index (χ1) is 8.09. The monoisotopic (exact) mass is 242 g/mol. The summed E-state index contributed by atoms with van der Waals surface area (Å²) in [6.45, 7) is 8.91. The van der Waals surface area contributed by atoms with E-state index in [0.717, 1.165) is 25.4 Å². The summed E-state index contributed by atoms with van der Waals surface area (Å²) in [4.78, 5) is 2.56. The van der Waals surface area contributed by atoms with Crippen LogP contribution in [0.3, 0.4) is 0 Å². The molecule has 0 aromatic heterocycles. The van der Waals surface area contributed by atoms with Crippen LogP contribution in [0.25, 0.3) is 0 Å². The number of nitrogens with two attached hydrogens (primary N) is 1. The largest absolute Gasteiger partial charge is 0.377 e. The van der Waals surface area contributed by atoms with Crippen LogP contribution in [-0.2, 0) is 4.74 Å². The third-order valence-electron chi connectivity index (χ3n) is 4.06. The zero-order valence-electron chi connectivity index (χ0n) is 11.9. The van der Waals surface area contributed by atoms with Crippen molar-refractivity contribution in [1.29, 1.82) is 0 Å². The van der Waals surface area contributed by atoms with Gasteiger partial charge in [0.2, 0.25) is 0 Å². The van der Waals surface area contributed by atoms with E-state index in [1.807, 2.05) is 7.11 Å². The molecule has 0 aliphatic carbocycles. The third kappa shape index (κ3) is 5.36. The summed E-state index contributed by atoms with van der Waals surface area (Å²) in [7, 11) is 1.84. The highest BCUT2D eigenvalue weighted by atomic mass is 16.5. The number of hydrogen-bond acceptors (Lipinski definition) is 3. The Kier molecular flexibility index (Phi) is 6.45. The van der Waals surface area contributed by atoms with E-state index >= 15 is 0 Å². The first-order valence-corrected chi connectivity index (χ1v) is 7.07. The van der Waals surface area contributed by atoms with Crippen molar-refractivity contribution in [2.45, 2.75) is 51.6 Å². The maximum atomic E-state index is 5.62. The lowest BCUT2D eigenvalue weighted by Crippen LogP contribution is -2.47. The maximum Gasteiger partial charge on any atom is 0.0777 e. The van der Waals surface area contributed by atoms with Crippen LogP contribution in [0, 0.1) is 5.92 Å². The summed E-state index contributed by atoms with van der Waals surface area (Å²) in [5.41, 5.74) is 5.66. The van der Waals surface area contributed by atoms with Gasteiger partial charge in [0.1, 0.15) is 0 Å². The Balaban J connectivity index is 2.19. The van der Waals surface area contributed by atoms with E-state index in [2.05, 4.69) is 18.7 Å². The van der Waals surface area contributed by atoms with Crippen molar-refractivity contribution in [2.75, 3.05) is 33.3 Å². The summed E-state index contributed by atoms with van der Waals surface area (Å²) in [6.07, 6.45) is 6.22. The molecule has 0 spiro atoms. The molecule has 1 saturated heterocycles. The van der Waals surface area contributed by atoms with Crippen molar-refractivity contribution in [3.63, 3.8) is 0 Å². The van der Waals surface area contributed by atoms with Gasteiger partial charge in [-0.1, -0.05) is 6.92 Å². The Bertz CT molecular complexity index is 210. The van der Waals surface area contributed by atoms with Crippen LogP contribution in [0.1, 0.15) is 46.0 Å². The molecule has 0 radical (unpaired) electrons. The Hall–Kier alpha value is -0.120. The normalized spacial score (nSPS) is 28.2. The van der Waals surface area contributed by atoms with Crippen LogP contribution in [0.5, 0.6) is 0 Å². The fourth-order valence-corrected chi connectivity index (χ4v) is 2.76. The molecule has 102 valence electrons. The molecule has 2 atom stereocenters. The standard InChI is InChI=1S/C14H30N2O/c1-13(7-9-15)6-4-10-16-11-5-8-14(2,12-16)17-3/h13H,4-12,15H2,1-3H3. The molecule has 0 bridgehead atoms. The maximum absolute atomic E-state index is 5.62. The summed E-state index contributed by atoms with van der Waals surface area (Å²) < 4.78 is 5.62. The molecule has 0 aromatic carbocycles. The molecule has 1 aliphatic rings. The topological polar surface area (TPSA) is 38.5 Å². The predicted octanol–water partition coefficient (Wildman–Crippen LogP) is 2.25. The van der Waals surface area contributed by atoms with Gasteiger partial charge in [0, 0.05) is 13.7 Å². The van der Waals surface area contributed by atoms with E-state index < -0.39 is 0 Å². The Morgan fingerprint density at radius 2 is 2.18 bits per heavy atom. The van der Waals surface area contributed by atoms with Crippen molar-refractivity contribution in [2.24, 2.45) is 11.7 Å². The predicted molar refractivity (Wildman–Crippen MR) is 73.2 cm³/mol. The van der Waals surface area contributed by atoms with Gasteiger partial charge in [-0.3, -0.25) is 0 Å². The fraction of sp³-hybridized carbons (Fsp3) is 1.00. The van der Waals surface area contributed by atoms with Crippen LogP contribution < -0.4 is 5.73 Å². The highest BCUT2D eigenvalue weighted by Gasteiger charge is 2.30. The average molecular weight is 242 g/mol. The molecule has 2 unspecified atom stereocenters. The summed E-state index contributed by atoms with van der Waals surface area (Å²) >= 11 is 0. The van der Waals surface area contributed by atoms with Crippen LogP contribution in [0.4, 0.5) is 0 Å². The zero-order chi connectivity index (χ0) is 12.7. The van der Waals surface area contributed by atoms with Crippen LogP contribution in [0.15, 0.2) is 0 Å². The van der Waals surface area contributed by atoms with Gasteiger partial charge in [0.15, 0.2) is 0 Å². The summed E-state index contributed by atoms with van der Waals surface area (Å²) in [5.74, 6) is 0.776. The Morgan fingerprint density at radius 1 is 1.41 bits per heavy atom. The highest BCUT2D eigenvalue weighted by Crippen LogP contribution is 2.24. The Morgan fingerprint density at radius 3 is 2.82 bits per heavy atom. The first kappa shape index (κ1) is 14.9. The van der Waals surface area contributed by atoms with E-state index in [4.69, 9.17) is 10.5 Å². The van der Waals surface area contributed by atoms with Gasteiger partial charge in [-0.2, -0.15) is 0 Å². The number of likely N-dealkylation sites (tertiary alicyclic amines) is 1. The number of methoxy groups -OCH3 is 1. The molecule has 17 heavy (non-hydrogen) atoms. The lowest BCUT2D eigenvalue weighted by Gasteiger charge is -2.39. The van der Waals surface area contributed by atoms with E-state index in [0.29, 0.717) is 0 Å². The number of nitrogens with zero attached hydrogens (tertiary/aromatic N) is 1. The molecule has 3 heteroatoms. The minimum Gasteiger partial charge on any atom is -0.377 e. The second-order valence-corrected chi connectivity index (χ2v) is 5.86. The van der Waals surface area contributed by atoms with Crippen molar-refractivity contribution in [3.05, 3.63) is 0 Å². The second-order valence-electron chi connectivity index (χ2n) is 5.86. The van der Waals surface area contributed by atoms with Crippen molar-refractivity contribution in [3.8, 4) is 0 Å². The molecule has 1 rings (SSSR count). The lowest BCUT2D eigenvalue weighted by molar-refractivity contribution is -0.0509. The molecular formula is C14H30N2O. The molecule has 0 amide bonds. The van der Waals surface area contributed by atoms with E-state index in [9.17, 15) is 0 Å². The molecule has 1 fully saturated rings. The SMILES string of the molecule is COC1(C)CCCN(CCCC(C)CCN)C1. The highest BCUT2D eigenvalue weighted by molar-refractivity contribution is 4.84. The molecule has 1 heterocycles. The zero-order valence-corrected chi connectivity index (χ0v) is 11.9. The van der Waals surface area contributed by atoms with Crippen LogP contribution >= 0.6 is 0 Å². The molecule has 2 N–H and O–H groups in total. The molecular weight excluding hydrogens is 212 g/mol. The molecule has 3 nitrogen and oxygen atoms in total. The molecule has 0 saturated carbocycles. The average Bonchev–Trinajstić information content (AvgIpc) is 2.30. The van der Waals surface area contributed by atoms with Gasteiger partial charge in [0.25, 0.3) is 0 Å². The van der Waals surface area contributed by atoms with Crippen LogP contribution in [0.2, 0.25) is 0 Å². The smallest absolute Gasteiger partial charge is 0.0777 e. The van der Waals surface area contributed by atoms with Gasteiger partial charge in [0.05, 0.1) is 5.60 Å². The minimum absolute atomic E-state index is 0.0844. The van der Waals surface area contributed by atoms with Crippen molar-refractivity contribution >= 4 is 0 Å². The van der Waals surface area contributed by atoms with Gasteiger partial charge in [-0.05, 0) is 64.6 Å². The van der Waals surface area contributed by atoms with Crippen molar-refractivity contribution < 1.29 is 4.74 Å². The number of rotatable bonds is 7. The van der Waals surface area contributed by atoms with E-state index in [1.165, 1.54) is 38.8 Å². The summed E-state index contributed by atoms with van der Waals surface area (Å²) in [6, 6.07) is 0. The van der Waals surface area contributed by atoms with Crippen molar-refractivity contribution in [1.82, 2.24) is 4.90 Å². The second kappa shape index (κ2) is 7.34. The molecule has 0 aromatic rings. The summed E-state index contributed by atoms with van der Waals surface area (Å²) in [5, 5.41) is 0. The third-order valence-corrected chi connectivity index (χ3v) is 4.06. The quantitative estimate of drug-likeness (QED) is 0.744. The molecule has 1 aliphatic heterocycles. The Labute approximate surface area is 107 Å². The van der Waals surface area contributed by atoms with E-state index in [-0.39, 0.29) is 5.60 Å². The first-order valence-electron chi connectivity index (χ1n) is 7.07. The van der Waals surface area contributed by atoms with Gasteiger partial charge < -0.3 is 15.4 Å². The minimum atomic E-state index is 0.0844. The lowest BCUT2D eigenvalue weighted by atomic mass is 9.94. The van der Waals surface area contributed by atoms with Gasteiger partial charge in [-0.25, -0.2) is 0 Å². The number of ether oxygens (including phenoxy) is 1.